The number of nitrogens with zero attached hydrogens (tertiary/aromatic N) is 2. The van der Waals surface area contributed by atoms with E-state index >= 15 is 0 Å². The van der Waals surface area contributed by atoms with Crippen LogP contribution < -0.4 is 5.32 Å². The molecule has 1 atom stereocenters. The van der Waals surface area contributed by atoms with E-state index in [1.54, 1.807) is 32.2 Å². The van der Waals surface area contributed by atoms with Crippen molar-refractivity contribution in [2.75, 3.05) is 13.2 Å². The van der Waals surface area contributed by atoms with E-state index in [0.29, 0.717) is 29.7 Å². The quantitative estimate of drug-likeness (QED) is 0.846. The molecule has 2 heterocycles. The number of aromatic nitrogens is 1. The van der Waals surface area contributed by atoms with Gasteiger partial charge in [0.05, 0.1) is 23.3 Å². The van der Waals surface area contributed by atoms with Gasteiger partial charge in [0.1, 0.15) is 0 Å². The van der Waals surface area contributed by atoms with Gasteiger partial charge in [-0.25, -0.2) is 9.46 Å². The number of hydrogen-bond donors (Lipinski definition) is 1. The molecule has 0 radical (unpaired) electrons. The van der Waals surface area contributed by atoms with Crippen molar-refractivity contribution in [3.8, 4) is 0 Å². The fraction of sp³-hybridized carbons (Fsp3) is 0.429. The first-order valence-corrected chi connectivity index (χ1v) is 8.58. The van der Waals surface area contributed by atoms with Crippen molar-refractivity contribution in [2.45, 2.75) is 27.2 Å². The summed E-state index contributed by atoms with van der Waals surface area (Å²) in [6.45, 7) is 6.08. The Balaban J connectivity index is 2.54. The van der Waals surface area contributed by atoms with Gasteiger partial charge < -0.3 is 9.84 Å². The lowest BCUT2D eigenvalue weighted by molar-refractivity contribution is 0.215. The number of urea groups is 1. The molecule has 0 aliphatic carbocycles. The number of rotatable bonds is 5. The van der Waals surface area contributed by atoms with Gasteiger partial charge in [-0.05, 0) is 32.4 Å². The van der Waals surface area contributed by atoms with Gasteiger partial charge >= 0.3 is 13.6 Å². The molecule has 7 heteroatoms. The predicted octanol–water partition coefficient (Wildman–Crippen LogP) is 3.43. The van der Waals surface area contributed by atoms with Crippen LogP contribution in [0.1, 0.15) is 32.9 Å². The van der Waals surface area contributed by atoms with Gasteiger partial charge in [0.2, 0.25) is 0 Å². The lowest BCUT2D eigenvalue weighted by Gasteiger charge is -2.36. The molecular formula is C14H20N3O3P. The van der Waals surface area contributed by atoms with Crippen molar-refractivity contribution in [3.63, 3.8) is 0 Å². The molecule has 0 fully saturated rings. The molecule has 0 saturated heterocycles. The molecule has 6 nitrogen and oxygen atoms in total. The molecule has 2 amide bonds. The molecule has 2 rings (SSSR count). The summed E-state index contributed by atoms with van der Waals surface area (Å²) in [5.74, 6) is 0. The van der Waals surface area contributed by atoms with Crippen LogP contribution in [0.15, 0.2) is 29.7 Å². The summed E-state index contributed by atoms with van der Waals surface area (Å²) in [7, 11) is -3.35. The van der Waals surface area contributed by atoms with E-state index in [-0.39, 0.29) is 6.61 Å². The van der Waals surface area contributed by atoms with Crippen LogP contribution >= 0.6 is 7.52 Å². The number of hydrogen-bond acceptors (Lipinski definition) is 4. The minimum absolute atomic E-state index is 0.275. The highest BCUT2D eigenvalue weighted by Gasteiger charge is 2.43. The summed E-state index contributed by atoms with van der Waals surface area (Å²) >= 11 is 0. The van der Waals surface area contributed by atoms with Crippen molar-refractivity contribution in [2.24, 2.45) is 0 Å². The highest BCUT2D eigenvalue weighted by Crippen LogP contribution is 2.61. The maximum Gasteiger partial charge on any atom is 0.329 e. The second-order valence-electron chi connectivity index (χ2n) is 4.67. The summed E-state index contributed by atoms with van der Waals surface area (Å²) in [6, 6.07) is 4.97. The highest BCUT2D eigenvalue weighted by molar-refractivity contribution is 7.62. The molecule has 1 unspecified atom stereocenters. The number of allylic oxidation sites excluding steroid dienone is 1. The average Bonchev–Trinajstić information content (AvgIpc) is 2.49. The molecule has 1 aliphatic rings. The summed E-state index contributed by atoms with van der Waals surface area (Å²) in [5, 5.41) is 3.31. The Morgan fingerprint density at radius 1 is 1.38 bits per heavy atom. The fourth-order valence-electron chi connectivity index (χ4n) is 2.25. The van der Waals surface area contributed by atoms with E-state index in [2.05, 4.69) is 10.3 Å². The summed E-state index contributed by atoms with van der Waals surface area (Å²) in [6.07, 6.45) is 2.34. The Hall–Kier alpha value is -1.65. The normalized spacial score (nSPS) is 22.4. The highest BCUT2D eigenvalue weighted by atomic mass is 31.2. The predicted molar refractivity (Wildman–Crippen MR) is 81.6 cm³/mol. The fourth-order valence-corrected chi connectivity index (χ4v) is 4.50. The van der Waals surface area contributed by atoms with Crippen LogP contribution in [0.4, 0.5) is 4.79 Å². The Morgan fingerprint density at radius 2 is 2.14 bits per heavy atom. The molecule has 0 spiro atoms. The van der Waals surface area contributed by atoms with Crippen LogP contribution in [-0.4, -0.2) is 28.8 Å². The lowest BCUT2D eigenvalue weighted by Crippen LogP contribution is -2.42. The maximum absolute atomic E-state index is 13.2. The second-order valence-corrected chi connectivity index (χ2v) is 7.12. The third-order valence-electron chi connectivity index (χ3n) is 3.23. The van der Waals surface area contributed by atoms with E-state index in [1.807, 2.05) is 13.0 Å². The number of carbonyl (C=O) groups excluding carboxylic acids is 1. The van der Waals surface area contributed by atoms with Crippen LogP contribution in [0, 0.1) is 0 Å². The molecule has 1 aliphatic heterocycles. The van der Waals surface area contributed by atoms with Gasteiger partial charge in [0.25, 0.3) is 0 Å². The van der Waals surface area contributed by atoms with Crippen LogP contribution in [0.25, 0.3) is 5.70 Å². The van der Waals surface area contributed by atoms with Crippen LogP contribution in [0.3, 0.4) is 0 Å². The van der Waals surface area contributed by atoms with E-state index in [1.165, 1.54) is 4.67 Å². The molecule has 0 saturated carbocycles. The van der Waals surface area contributed by atoms with Gasteiger partial charge in [-0.3, -0.25) is 9.55 Å². The third kappa shape index (κ3) is 2.87. The van der Waals surface area contributed by atoms with E-state index in [9.17, 15) is 9.36 Å². The zero-order chi connectivity index (χ0) is 15.5. The monoisotopic (exact) mass is 309 g/mol. The smallest absolute Gasteiger partial charge is 0.310 e. The SMILES string of the molecule is CCCN1C(=O)NC(c2ccccn2)=C(C)P1(=O)OCC. The molecule has 1 aromatic heterocycles. The van der Waals surface area contributed by atoms with Crippen LogP contribution in [0.5, 0.6) is 0 Å². The first kappa shape index (κ1) is 15.7. The Bertz CT molecular complexity index is 601. The summed E-state index contributed by atoms with van der Waals surface area (Å²) in [4.78, 5) is 16.5. The summed E-state index contributed by atoms with van der Waals surface area (Å²) < 4.78 is 20.0. The molecule has 1 N–H and O–H groups in total. The largest absolute Gasteiger partial charge is 0.329 e. The van der Waals surface area contributed by atoms with E-state index in [4.69, 9.17) is 4.52 Å². The minimum Gasteiger partial charge on any atom is -0.310 e. The number of amides is 2. The van der Waals surface area contributed by atoms with Crippen molar-refractivity contribution in [3.05, 3.63) is 35.4 Å². The van der Waals surface area contributed by atoms with Crippen LogP contribution in [-0.2, 0) is 9.09 Å². The standard InChI is InChI=1S/C14H20N3O3P/c1-4-10-17-14(18)16-13(12-8-6-7-9-15-12)11(3)21(17,19)20-5-2/h6-9H,4-5,10H2,1-3H3,(H,16,18). The zero-order valence-corrected chi connectivity index (χ0v) is 13.4. The van der Waals surface area contributed by atoms with E-state index in [0.717, 1.165) is 0 Å². The van der Waals surface area contributed by atoms with E-state index < -0.39 is 13.6 Å². The topological polar surface area (TPSA) is 71.5 Å². The van der Waals surface area contributed by atoms with Crippen molar-refractivity contribution < 1.29 is 13.9 Å². The maximum atomic E-state index is 13.2. The average molecular weight is 309 g/mol. The van der Waals surface area contributed by atoms with Gasteiger partial charge in [0, 0.05) is 12.7 Å². The van der Waals surface area contributed by atoms with Crippen molar-refractivity contribution in [1.82, 2.24) is 15.0 Å². The third-order valence-corrected chi connectivity index (χ3v) is 5.93. The molecular weight excluding hydrogens is 289 g/mol. The number of carbonyl (C=O) groups is 1. The van der Waals surface area contributed by atoms with Crippen LogP contribution in [0.2, 0.25) is 0 Å². The first-order valence-electron chi connectivity index (χ1n) is 7.01. The Kier molecular flexibility index (Phi) is 4.80. The second kappa shape index (κ2) is 6.41. The number of pyridine rings is 1. The van der Waals surface area contributed by atoms with Gasteiger partial charge in [0.15, 0.2) is 0 Å². The minimum atomic E-state index is -3.35. The Morgan fingerprint density at radius 3 is 2.71 bits per heavy atom. The zero-order valence-electron chi connectivity index (χ0n) is 12.5. The lowest BCUT2D eigenvalue weighted by atomic mass is 10.2. The van der Waals surface area contributed by atoms with Gasteiger partial charge in [-0.2, -0.15) is 0 Å². The molecule has 0 bridgehead atoms. The first-order chi connectivity index (χ1) is 10.0. The van der Waals surface area contributed by atoms with Crippen molar-refractivity contribution >= 4 is 19.2 Å². The molecule has 21 heavy (non-hydrogen) atoms. The van der Waals surface area contributed by atoms with Gasteiger partial charge in [-0.15, -0.1) is 0 Å². The van der Waals surface area contributed by atoms with Crippen molar-refractivity contribution in [1.29, 1.82) is 0 Å². The summed E-state index contributed by atoms with van der Waals surface area (Å²) in [5.41, 5.74) is 1.06. The molecule has 1 aromatic rings. The Labute approximate surface area is 124 Å². The molecule has 114 valence electrons. The number of nitrogens with one attached hydrogen (secondary N) is 1. The molecule has 0 aromatic carbocycles. The van der Waals surface area contributed by atoms with Gasteiger partial charge in [-0.1, -0.05) is 13.0 Å².